The average molecular weight is 290 g/mol. The van der Waals surface area contributed by atoms with Crippen LogP contribution in [0.3, 0.4) is 0 Å². The van der Waals surface area contributed by atoms with Crippen LogP contribution >= 0.6 is 0 Å². The number of aryl methyl sites for hydroxylation is 1. The lowest BCUT2D eigenvalue weighted by Gasteiger charge is -2.26. The lowest BCUT2D eigenvalue weighted by molar-refractivity contribution is -0.118. The van der Waals surface area contributed by atoms with Gasteiger partial charge in [0.1, 0.15) is 6.17 Å². The van der Waals surface area contributed by atoms with Gasteiger partial charge >= 0.3 is 0 Å². The van der Waals surface area contributed by atoms with Gasteiger partial charge in [0.05, 0.1) is 12.7 Å². The minimum absolute atomic E-state index is 0.0152. The Balaban J connectivity index is 1.60. The summed E-state index contributed by atoms with van der Waals surface area (Å²) in [4.78, 5) is 14.1. The summed E-state index contributed by atoms with van der Waals surface area (Å²) in [5.41, 5.74) is 1.10. The second kappa shape index (κ2) is 6.60. The zero-order chi connectivity index (χ0) is 14.7. The normalized spacial score (nSPS) is 24.4. The zero-order valence-electron chi connectivity index (χ0n) is 12.9. The summed E-state index contributed by atoms with van der Waals surface area (Å²) in [5.74, 6) is 0.987. The molecule has 21 heavy (non-hydrogen) atoms. The molecule has 2 aliphatic rings. The van der Waals surface area contributed by atoms with Gasteiger partial charge in [0.2, 0.25) is 5.91 Å². The summed E-state index contributed by atoms with van der Waals surface area (Å²) < 4.78 is 1.92. The fraction of sp³-hybridized carbons (Fsp3) is 0.750. The molecule has 5 nitrogen and oxygen atoms in total. The lowest BCUT2D eigenvalue weighted by Crippen LogP contribution is -2.29. The van der Waals surface area contributed by atoms with Crippen molar-refractivity contribution < 1.29 is 4.79 Å². The maximum absolute atomic E-state index is 11.8. The molecule has 2 fully saturated rings. The van der Waals surface area contributed by atoms with Crippen molar-refractivity contribution in [3.05, 3.63) is 18.0 Å². The van der Waals surface area contributed by atoms with E-state index in [1.165, 1.54) is 38.5 Å². The fourth-order valence-electron chi connectivity index (χ4n) is 3.59. The van der Waals surface area contributed by atoms with Crippen molar-refractivity contribution in [2.24, 2.45) is 5.92 Å². The smallest absolute Gasteiger partial charge is 0.235 e. The third-order valence-corrected chi connectivity index (χ3v) is 4.85. The average Bonchev–Trinajstić information content (AvgIpc) is 3.12. The van der Waals surface area contributed by atoms with E-state index in [0.29, 0.717) is 6.54 Å². The highest BCUT2D eigenvalue weighted by Crippen LogP contribution is 2.28. The number of rotatable bonds is 5. The van der Waals surface area contributed by atoms with E-state index in [9.17, 15) is 4.79 Å². The van der Waals surface area contributed by atoms with Crippen molar-refractivity contribution in [2.45, 2.75) is 58.2 Å². The molecule has 5 heteroatoms. The van der Waals surface area contributed by atoms with Crippen LogP contribution in [-0.4, -0.2) is 33.7 Å². The highest BCUT2D eigenvalue weighted by atomic mass is 16.2. The van der Waals surface area contributed by atoms with Crippen molar-refractivity contribution >= 4 is 5.91 Å². The van der Waals surface area contributed by atoms with Crippen LogP contribution < -0.4 is 5.32 Å². The van der Waals surface area contributed by atoms with Crippen molar-refractivity contribution in [1.82, 2.24) is 20.0 Å². The van der Waals surface area contributed by atoms with E-state index in [1.807, 2.05) is 17.1 Å². The molecule has 3 rings (SSSR count). The number of carbonyl (C=O) groups is 1. The predicted octanol–water partition coefficient (Wildman–Crippen LogP) is 2.30. The summed E-state index contributed by atoms with van der Waals surface area (Å²) in [5, 5.41) is 7.41. The Morgan fingerprint density at radius 3 is 2.86 bits per heavy atom. The maximum atomic E-state index is 11.8. The van der Waals surface area contributed by atoms with Crippen LogP contribution in [0.15, 0.2) is 12.4 Å². The molecule has 1 atom stereocenters. The number of hydrogen-bond acceptors (Lipinski definition) is 3. The minimum Gasteiger partial charge on any atom is -0.335 e. The van der Waals surface area contributed by atoms with E-state index in [4.69, 9.17) is 0 Å². The first kappa shape index (κ1) is 14.6. The Kier molecular flexibility index (Phi) is 4.58. The van der Waals surface area contributed by atoms with Gasteiger partial charge in [-0.05, 0) is 19.3 Å². The van der Waals surface area contributed by atoms with Gasteiger partial charge in [0.25, 0.3) is 0 Å². The fourth-order valence-corrected chi connectivity index (χ4v) is 3.59. The van der Waals surface area contributed by atoms with Gasteiger partial charge in [-0.15, -0.1) is 0 Å². The van der Waals surface area contributed by atoms with E-state index < -0.39 is 0 Å². The van der Waals surface area contributed by atoms with Crippen molar-refractivity contribution in [2.75, 3.05) is 13.1 Å². The lowest BCUT2D eigenvalue weighted by atomic mass is 9.87. The molecule has 1 aliphatic heterocycles. The summed E-state index contributed by atoms with van der Waals surface area (Å²) in [6.07, 6.45) is 12.1. The van der Waals surface area contributed by atoms with Crippen LogP contribution in [-0.2, 0) is 11.3 Å². The maximum Gasteiger partial charge on any atom is 0.235 e. The molecule has 0 unspecified atom stereocenters. The summed E-state index contributed by atoms with van der Waals surface area (Å²) in [6, 6.07) is 0. The number of carbonyl (C=O) groups excluding carboxylic acids is 1. The van der Waals surface area contributed by atoms with Crippen LogP contribution in [0.4, 0.5) is 0 Å². The van der Waals surface area contributed by atoms with Gasteiger partial charge in [-0.1, -0.05) is 32.1 Å². The number of amides is 1. The Hall–Kier alpha value is -1.36. The predicted molar refractivity (Wildman–Crippen MR) is 81.5 cm³/mol. The van der Waals surface area contributed by atoms with Gasteiger partial charge in [0.15, 0.2) is 0 Å². The highest BCUT2D eigenvalue weighted by molar-refractivity contribution is 5.80. The molecule has 1 saturated heterocycles. The summed E-state index contributed by atoms with van der Waals surface area (Å²) in [7, 11) is 0. The number of nitrogens with zero attached hydrogens (tertiary/aromatic N) is 3. The molecule has 1 amide bonds. The van der Waals surface area contributed by atoms with Crippen LogP contribution in [0.1, 0.15) is 57.2 Å². The van der Waals surface area contributed by atoms with E-state index in [2.05, 4.69) is 22.2 Å². The van der Waals surface area contributed by atoms with Gasteiger partial charge in [-0.3, -0.25) is 14.4 Å². The molecule has 1 N–H and O–H groups in total. The highest BCUT2D eigenvalue weighted by Gasteiger charge is 2.31. The third kappa shape index (κ3) is 3.46. The second-order valence-corrected chi connectivity index (χ2v) is 6.36. The molecule has 1 aromatic rings. The number of nitrogens with one attached hydrogen (secondary N) is 1. The number of hydrogen-bond donors (Lipinski definition) is 1. The first-order valence-electron chi connectivity index (χ1n) is 8.32. The quantitative estimate of drug-likeness (QED) is 0.905. The minimum atomic E-state index is 0.0152. The molecule has 2 heterocycles. The van der Waals surface area contributed by atoms with Crippen LogP contribution in [0, 0.1) is 5.92 Å². The summed E-state index contributed by atoms with van der Waals surface area (Å²) in [6.45, 7) is 4.47. The Labute approximate surface area is 126 Å². The molecule has 0 spiro atoms. The van der Waals surface area contributed by atoms with Crippen LogP contribution in [0.25, 0.3) is 0 Å². The van der Waals surface area contributed by atoms with Gasteiger partial charge in [-0.25, -0.2) is 0 Å². The molecule has 116 valence electrons. The molecule has 0 aromatic carbocycles. The Morgan fingerprint density at radius 1 is 1.33 bits per heavy atom. The van der Waals surface area contributed by atoms with E-state index >= 15 is 0 Å². The topological polar surface area (TPSA) is 50.2 Å². The van der Waals surface area contributed by atoms with Crippen LogP contribution in [0.5, 0.6) is 0 Å². The first-order chi connectivity index (χ1) is 10.3. The number of aromatic nitrogens is 2. The Morgan fingerprint density at radius 2 is 2.14 bits per heavy atom. The molecular formula is C16H26N4O. The van der Waals surface area contributed by atoms with Crippen LogP contribution in [0.2, 0.25) is 0 Å². The molecule has 1 aromatic heterocycles. The van der Waals surface area contributed by atoms with Gasteiger partial charge in [-0.2, -0.15) is 5.10 Å². The monoisotopic (exact) mass is 290 g/mol. The van der Waals surface area contributed by atoms with E-state index in [1.54, 1.807) is 0 Å². The SMILES string of the molecule is CCn1cc([C@@H]2NC(=O)CN2CCC2CCCCC2)cn1. The molecule has 0 radical (unpaired) electrons. The largest absolute Gasteiger partial charge is 0.335 e. The van der Waals surface area contributed by atoms with Gasteiger partial charge < -0.3 is 5.32 Å². The van der Waals surface area contributed by atoms with Crippen molar-refractivity contribution in [1.29, 1.82) is 0 Å². The molecule has 1 saturated carbocycles. The summed E-state index contributed by atoms with van der Waals surface area (Å²) >= 11 is 0. The molecule has 0 bridgehead atoms. The molecule has 1 aliphatic carbocycles. The molecular weight excluding hydrogens is 264 g/mol. The zero-order valence-corrected chi connectivity index (χ0v) is 12.9. The standard InChI is InChI=1S/C16H26N4O/c1-2-20-11-14(10-17-20)16-18-15(21)12-19(16)9-8-13-6-4-3-5-7-13/h10-11,13,16H,2-9,12H2,1H3,(H,18,21)/t16-/m1/s1. The van der Waals surface area contributed by atoms with Crippen molar-refractivity contribution in [3.63, 3.8) is 0 Å². The van der Waals surface area contributed by atoms with E-state index in [0.717, 1.165) is 24.6 Å². The van der Waals surface area contributed by atoms with Gasteiger partial charge in [0, 0.05) is 24.8 Å². The van der Waals surface area contributed by atoms with E-state index in [-0.39, 0.29) is 12.1 Å². The van der Waals surface area contributed by atoms with Crippen molar-refractivity contribution in [3.8, 4) is 0 Å². The third-order valence-electron chi connectivity index (χ3n) is 4.85. The Bertz CT molecular complexity index is 478. The second-order valence-electron chi connectivity index (χ2n) is 6.36. The first-order valence-corrected chi connectivity index (χ1v) is 8.32.